The van der Waals surface area contributed by atoms with Crippen LogP contribution in [0.15, 0.2) is 22.7 Å². The molecule has 8 heteroatoms. The number of aromatic nitrogens is 1. The Bertz CT molecular complexity index is 687. The third-order valence-electron chi connectivity index (χ3n) is 2.65. The molecule has 0 atom stereocenters. The molecule has 2 aromatic rings. The molecular formula is C14H15ClN2O4S. The fraction of sp³-hybridized carbons (Fsp3) is 0.357. The summed E-state index contributed by atoms with van der Waals surface area (Å²) in [5.74, 6) is -0.891. The van der Waals surface area contributed by atoms with Crippen LogP contribution in [0.3, 0.4) is 0 Å². The van der Waals surface area contributed by atoms with Gasteiger partial charge in [0, 0.05) is 11.5 Å². The van der Waals surface area contributed by atoms with E-state index in [0.717, 1.165) is 11.3 Å². The quantitative estimate of drug-likeness (QED) is 0.860. The van der Waals surface area contributed by atoms with Gasteiger partial charge in [-0.05, 0) is 12.1 Å². The zero-order valence-electron chi connectivity index (χ0n) is 12.3. The van der Waals surface area contributed by atoms with Gasteiger partial charge in [0.2, 0.25) is 5.88 Å². The Balaban J connectivity index is 1.85. The van der Waals surface area contributed by atoms with E-state index in [1.807, 2.05) is 20.8 Å². The molecule has 0 aliphatic carbocycles. The fourth-order valence-electron chi connectivity index (χ4n) is 1.49. The van der Waals surface area contributed by atoms with Gasteiger partial charge in [0.15, 0.2) is 6.61 Å². The van der Waals surface area contributed by atoms with Crippen molar-refractivity contribution in [3.05, 3.63) is 33.1 Å². The molecular weight excluding hydrogens is 328 g/mol. The molecule has 118 valence electrons. The number of esters is 1. The SMILES string of the molecule is CC(C)(C)c1cc(NC(=O)COC(=O)c2ccc(Cl)s2)on1. The first-order valence-corrected chi connectivity index (χ1v) is 7.64. The molecule has 6 nitrogen and oxygen atoms in total. The monoisotopic (exact) mass is 342 g/mol. The Morgan fingerprint density at radius 3 is 2.68 bits per heavy atom. The number of carbonyl (C=O) groups is 2. The lowest BCUT2D eigenvalue weighted by atomic mass is 9.92. The van der Waals surface area contributed by atoms with Crippen molar-refractivity contribution >= 4 is 40.7 Å². The third kappa shape index (κ3) is 4.32. The first-order valence-electron chi connectivity index (χ1n) is 6.45. The van der Waals surface area contributed by atoms with Gasteiger partial charge in [-0.1, -0.05) is 37.5 Å². The zero-order chi connectivity index (χ0) is 16.3. The van der Waals surface area contributed by atoms with Crippen LogP contribution < -0.4 is 5.32 Å². The van der Waals surface area contributed by atoms with Gasteiger partial charge < -0.3 is 9.26 Å². The van der Waals surface area contributed by atoms with Crippen LogP contribution in [0.25, 0.3) is 0 Å². The summed E-state index contributed by atoms with van der Waals surface area (Å²) in [4.78, 5) is 23.7. The second-order valence-electron chi connectivity index (χ2n) is 5.55. The van der Waals surface area contributed by atoms with E-state index in [1.54, 1.807) is 18.2 Å². The molecule has 0 bridgehead atoms. The van der Waals surface area contributed by atoms with Crippen molar-refractivity contribution in [1.29, 1.82) is 0 Å². The minimum Gasteiger partial charge on any atom is -0.451 e. The van der Waals surface area contributed by atoms with E-state index in [4.69, 9.17) is 20.9 Å². The predicted octanol–water partition coefficient (Wildman–Crippen LogP) is 3.48. The molecule has 2 rings (SSSR count). The number of anilines is 1. The van der Waals surface area contributed by atoms with Crippen LogP contribution in [0.2, 0.25) is 4.34 Å². The van der Waals surface area contributed by atoms with Crippen molar-refractivity contribution in [3.63, 3.8) is 0 Å². The molecule has 0 saturated carbocycles. The molecule has 0 fully saturated rings. The van der Waals surface area contributed by atoms with E-state index in [2.05, 4.69) is 10.5 Å². The number of nitrogens with zero attached hydrogens (tertiary/aromatic N) is 1. The molecule has 0 aromatic carbocycles. The fourth-order valence-corrected chi connectivity index (χ4v) is 2.42. The van der Waals surface area contributed by atoms with Crippen LogP contribution in [0, 0.1) is 0 Å². The van der Waals surface area contributed by atoms with Crippen molar-refractivity contribution in [1.82, 2.24) is 5.16 Å². The van der Waals surface area contributed by atoms with E-state index >= 15 is 0 Å². The lowest BCUT2D eigenvalue weighted by molar-refractivity contribution is -0.119. The topological polar surface area (TPSA) is 81.4 Å². The van der Waals surface area contributed by atoms with Crippen LogP contribution in [0.5, 0.6) is 0 Å². The van der Waals surface area contributed by atoms with Crippen LogP contribution in [0.4, 0.5) is 5.88 Å². The van der Waals surface area contributed by atoms with E-state index in [9.17, 15) is 9.59 Å². The van der Waals surface area contributed by atoms with Gasteiger partial charge in [-0.15, -0.1) is 11.3 Å². The Hall–Kier alpha value is -1.86. The number of hydrogen-bond acceptors (Lipinski definition) is 6. The number of nitrogens with one attached hydrogen (secondary N) is 1. The lowest BCUT2D eigenvalue weighted by Gasteiger charge is -2.12. The van der Waals surface area contributed by atoms with Crippen molar-refractivity contribution in [2.45, 2.75) is 26.2 Å². The highest BCUT2D eigenvalue weighted by molar-refractivity contribution is 7.17. The average molecular weight is 343 g/mol. The molecule has 1 amide bonds. The van der Waals surface area contributed by atoms with E-state index < -0.39 is 18.5 Å². The normalized spacial score (nSPS) is 11.3. The first-order chi connectivity index (χ1) is 10.3. The van der Waals surface area contributed by atoms with Gasteiger partial charge in [0.1, 0.15) is 4.88 Å². The van der Waals surface area contributed by atoms with Crippen LogP contribution in [0.1, 0.15) is 36.1 Å². The third-order valence-corrected chi connectivity index (χ3v) is 3.86. The summed E-state index contributed by atoms with van der Waals surface area (Å²) in [6.45, 7) is 5.51. The molecule has 0 radical (unpaired) electrons. The summed E-state index contributed by atoms with van der Waals surface area (Å²) in [6, 6.07) is 4.77. The van der Waals surface area contributed by atoms with Crippen molar-refractivity contribution in [2.75, 3.05) is 11.9 Å². The Morgan fingerprint density at radius 1 is 1.41 bits per heavy atom. The molecule has 2 aromatic heterocycles. The van der Waals surface area contributed by atoms with E-state index in [1.165, 1.54) is 0 Å². The number of thiophene rings is 1. The molecule has 0 aliphatic rings. The molecule has 22 heavy (non-hydrogen) atoms. The number of carbonyl (C=O) groups excluding carboxylic acids is 2. The molecule has 0 saturated heterocycles. The van der Waals surface area contributed by atoms with E-state index in [-0.39, 0.29) is 11.3 Å². The average Bonchev–Trinajstić information content (AvgIpc) is 3.04. The summed E-state index contributed by atoms with van der Waals surface area (Å²) in [6.07, 6.45) is 0. The van der Waals surface area contributed by atoms with Gasteiger partial charge >= 0.3 is 5.97 Å². The molecule has 0 unspecified atom stereocenters. The zero-order valence-corrected chi connectivity index (χ0v) is 13.9. The maximum Gasteiger partial charge on any atom is 0.348 e. The molecule has 0 spiro atoms. The standard InChI is InChI=1S/C14H15ClN2O4S/c1-14(2,3)9-6-12(21-17-9)16-11(18)7-20-13(19)8-4-5-10(15)22-8/h4-6H,7H2,1-3H3,(H,16,18). The summed E-state index contributed by atoms with van der Waals surface area (Å²) in [5.41, 5.74) is 0.533. The largest absolute Gasteiger partial charge is 0.451 e. The number of hydrogen-bond donors (Lipinski definition) is 1. The van der Waals surface area contributed by atoms with Gasteiger partial charge in [-0.3, -0.25) is 10.1 Å². The molecule has 2 heterocycles. The number of halogens is 1. The Morgan fingerprint density at radius 2 is 2.14 bits per heavy atom. The predicted molar refractivity (Wildman–Crippen MR) is 83.4 cm³/mol. The van der Waals surface area contributed by atoms with Crippen LogP contribution >= 0.6 is 22.9 Å². The summed E-state index contributed by atoms with van der Waals surface area (Å²) in [5, 5.41) is 6.35. The van der Waals surface area contributed by atoms with Gasteiger partial charge in [-0.25, -0.2) is 4.79 Å². The van der Waals surface area contributed by atoms with Gasteiger partial charge in [0.05, 0.1) is 10.0 Å². The van der Waals surface area contributed by atoms with Gasteiger partial charge in [0.25, 0.3) is 5.91 Å². The van der Waals surface area contributed by atoms with Crippen molar-refractivity contribution in [2.24, 2.45) is 0 Å². The Labute approximate surface area is 136 Å². The summed E-state index contributed by atoms with van der Waals surface area (Å²) < 4.78 is 10.4. The molecule has 1 N–H and O–H groups in total. The van der Waals surface area contributed by atoms with Gasteiger partial charge in [-0.2, -0.15) is 0 Å². The Kier molecular flexibility index (Phi) is 4.87. The summed E-state index contributed by atoms with van der Waals surface area (Å²) in [7, 11) is 0. The molecule has 0 aliphatic heterocycles. The van der Waals surface area contributed by atoms with Crippen molar-refractivity contribution < 1.29 is 18.8 Å². The highest BCUT2D eigenvalue weighted by Crippen LogP contribution is 2.24. The van der Waals surface area contributed by atoms with E-state index in [0.29, 0.717) is 14.9 Å². The first kappa shape index (κ1) is 16.5. The maximum atomic E-state index is 11.7. The summed E-state index contributed by atoms with van der Waals surface area (Å²) >= 11 is 6.81. The van der Waals surface area contributed by atoms with Crippen LogP contribution in [-0.4, -0.2) is 23.6 Å². The van der Waals surface area contributed by atoms with Crippen LogP contribution in [-0.2, 0) is 14.9 Å². The second kappa shape index (κ2) is 6.50. The highest BCUT2D eigenvalue weighted by atomic mass is 35.5. The maximum absolute atomic E-state index is 11.7. The smallest absolute Gasteiger partial charge is 0.348 e. The minimum atomic E-state index is -0.597. The highest BCUT2D eigenvalue weighted by Gasteiger charge is 2.20. The van der Waals surface area contributed by atoms with Crippen molar-refractivity contribution in [3.8, 4) is 0 Å². The lowest BCUT2D eigenvalue weighted by Crippen LogP contribution is -2.20. The second-order valence-corrected chi connectivity index (χ2v) is 7.27. The number of ether oxygens (including phenoxy) is 1. The minimum absolute atomic E-state index is 0.183. The number of rotatable bonds is 4. The number of amides is 1.